The lowest BCUT2D eigenvalue weighted by molar-refractivity contribution is -0.412. The fourth-order valence-corrected chi connectivity index (χ4v) is 2.20. The Morgan fingerprint density at radius 3 is 2.27 bits per heavy atom. The number of hydrogen-bond acceptors (Lipinski definition) is 2. The Hall–Kier alpha value is -0.0800. The Balaban J connectivity index is 2.03. The molecule has 2 aliphatic heterocycles. The molecule has 0 amide bonds. The van der Waals surface area contributed by atoms with Gasteiger partial charge in [0, 0.05) is 0 Å². The van der Waals surface area contributed by atoms with Crippen molar-refractivity contribution in [1.29, 1.82) is 0 Å². The highest BCUT2D eigenvalue weighted by Gasteiger charge is 2.39. The van der Waals surface area contributed by atoms with E-state index >= 15 is 0 Å². The van der Waals surface area contributed by atoms with Gasteiger partial charge >= 0.3 is 0 Å². The number of hydrogen-bond donors (Lipinski definition) is 0. The average Bonchev–Trinajstić information content (AvgIpc) is 2.06. The Kier molecular flexibility index (Phi) is 1.90. The lowest BCUT2D eigenvalue weighted by Gasteiger charge is -2.42. The second kappa shape index (κ2) is 2.76. The first-order valence-electron chi connectivity index (χ1n) is 4.59. The van der Waals surface area contributed by atoms with Gasteiger partial charge in [-0.2, -0.15) is 0 Å². The zero-order chi connectivity index (χ0) is 7.84. The maximum absolute atomic E-state index is 5.25. The van der Waals surface area contributed by atoms with E-state index in [4.69, 9.17) is 9.78 Å². The quantitative estimate of drug-likeness (QED) is 0.541. The molecule has 0 aromatic carbocycles. The van der Waals surface area contributed by atoms with Gasteiger partial charge in [0.2, 0.25) is 0 Å². The van der Waals surface area contributed by atoms with Crippen LogP contribution in [0.25, 0.3) is 0 Å². The fourth-order valence-electron chi connectivity index (χ4n) is 2.20. The molecular weight excluding hydrogens is 140 g/mol. The molecule has 3 fully saturated rings. The van der Waals surface area contributed by atoms with Crippen molar-refractivity contribution >= 4 is 0 Å². The molecule has 0 spiro atoms. The highest BCUT2D eigenvalue weighted by Crippen LogP contribution is 2.38. The molecule has 3 aliphatic rings. The topological polar surface area (TPSA) is 18.5 Å². The Labute approximate surface area is 67.8 Å². The lowest BCUT2D eigenvalue weighted by Crippen LogP contribution is -2.43. The van der Waals surface area contributed by atoms with Crippen LogP contribution in [-0.2, 0) is 9.78 Å². The Morgan fingerprint density at radius 1 is 1.18 bits per heavy atom. The van der Waals surface area contributed by atoms with Crippen LogP contribution in [0.2, 0.25) is 0 Å². The van der Waals surface area contributed by atoms with Crippen LogP contribution in [0, 0.1) is 11.8 Å². The molecule has 2 bridgehead atoms. The predicted octanol–water partition coefficient (Wildman–Crippen LogP) is 2.14. The van der Waals surface area contributed by atoms with Crippen LogP contribution in [0.4, 0.5) is 0 Å². The van der Waals surface area contributed by atoms with Crippen LogP contribution in [0.3, 0.4) is 0 Å². The molecule has 64 valence electrons. The lowest BCUT2D eigenvalue weighted by atomic mass is 9.77. The molecule has 11 heavy (non-hydrogen) atoms. The fraction of sp³-hybridized carbons (Fsp3) is 1.00. The maximum Gasteiger partial charge on any atom is 0.0962 e. The Morgan fingerprint density at radius 2 is 2.00 bits per heavy atom. The smallest absolute Gasteiger partial charge is 0.0962 e. The molecular formula is C9H16O2. The van der Waals surface area contributed by atoms with Crippen LogP contribution in [0.5, 0.6) is 0 Å². The van der Waals surface area contributed by atoms with Gasteiger partial charge in [0.05, 0.1) is 12.2 Å². The zero-order valence-electron chi connectivity index (χ0n) is 7.25. The van der Waals surface area contributed by atoms with Crippen molar-refractivity contribution in [3.05, 3.63) is 0 Å². The summed E-state index contributed by atoms with van der Waals surface area (Å²) in [5.41, 5.74) is 0. The molecule has 2 nitrogen and oxygen atoms in total. The second-order valence-electron chi connectivity index (χ2n) is 4.07. The van der Waals surface area contributed by atoms with E-state index in [1.807, 2.05) is 0 Å². The van der Waals surface area contributed by atoms with E-state index in [0.29, 0.717) is 12.2 Å². The summed E-state index contributed by atoms with van der Waals surface area (Å²) in [6.45, 7) is 4.55. The minimum atomic E-state index is 0.389. The number of rotatable bonds is 1. The van der Waals surface area contributed by atoms with Gasteiger partial charge in [0.25, 0.3) is 0 Å². The molecule has 2 saturated heterocycles. The molecule has 3 atom stereocenters. The summed E-state index contributed by atoms with van der Waals surface area (Å²) in [6, 6.07) is 0. The summed E-state index contributed by atoms with van der Waals surface area (Å²) < 4.78 is 0. The van der Waals surface area contributed by atoms with Crippen molar-refractivity contribution in [3.8, 4) is 0 Å². The Bertz CT molecular complexity index is 136. The molecule has 1 saturated carbocycles. The third-order valence-corrected chi connectivity index (χ3v) is 2.96. The highest BCUT2D eigenvalue weighted by molar-refractivity contribution is 4.84. The number of fused-ring (bicyclic) bond motifs is 3. The molecule has 0 N–H and O–H groups in total. The molecule has 0 aromatic heterocycles. The van der Waals surface area contributed by atoms with Crippen LogP contribution in [-0.4, -0.2) is 12.2 Å². The van der Waals surface area contributed by atoms with Crippen LogP contribution in [0.15, 0.2) is 0 Å². The standard InChI is InChI=1S/C9H16O2/c1-6(2)8-5-7-3-4-9(8)11-10-7/h6-9H,3-5H2,1-2H3/t7-,8+,9+/m1/s1. The summed E-state index contributed by atoms with van der Waals surface area (Å²) in [6.07, 6.45) is 4.40. The predicted molar refractivity (Wildman–Crippen MR) is 41.9 cm³/mol. The molecule has 0 radical (unpaired) electrons. The van der Waals surface area contributed by atoms with Crippen molar-refractivity contribution in [2.45, 2.75) is 45.3 Å². The van der Waals surface area contributed by atoms with Gasteiger partial charge in [-0.1, -0.05) is 13.8 Å². The van der Waals surface area contributed by atoms with Crippen molar-refractivity contribution < 1.29 is 9.78 Å². The van der Waals surface area contributed by atoms with E-state index in [1.165, 1.54) is 19.3 Å². The van der Waals surface area contributed by atoms with Crippen LogP contribution < -0.4 is 0 Å². The highest BCUT2D eigenvalue weighted by atomic mass is 17.2. The van der Waals surface area contributed by atoms with E-state index in [9.17, 15) is 0 Å². The zero-order valence-corrected chi connectivity index (χ0v) is 7.25. The van der Waals surface area contributed by atoms with Crippen molar-refractivity contribution in [3.63, 3.8) is 0 Å². The second-order valence-corrected chi connectivity index (χ2v) is 4.07. The van der Waals surface area contributed by atoms with E-state index in [2.05, 4.69) is 13.8 Å². The van der Waals surface area contributed by atoms with Gasteiger partial charge in [-0.15, -0.1) is 0 Å². The molecule has 2 heterocycles. The molecule has 0 unspecified atom stereocenters. The first-order valence-corrected chi connectivity index (χ1v) is 4.59. The van der Waals surface area contributed by atoms with Crippen molar-refractivity contribution in [2.24, 2.45) is 11.8 Å². The molecule has 1 aliphatic carbocycles. The van der Waals surface area contributed by atoms with Crippen LogP contribution in [0.1, 0.15) is 33.1 Å². The summed E-state index contributed by atoms with van der Waals surface area (Å²) >= 11 is 0. The van der Waals surface area contributed by atoms with Gasteiger partial charge in [-0.05, 0) is 31.1 Å². The SMILES string of the molecule is CC(C)[C@@H]1C[C@H]2CC[C@@H]1OO2. The van der Waals surface area contributed by atoms with E-state index in [-0.39, 0.29) is 0 Å². The molecule has 3 rings (SSSR count). The summed E-state index contributed by atoms with van der Waals surface area (Å²) in [7, 11) is 0. The van der Waals surface area contributed by atoms with Crippen LogP contribution >= 0.6 is 0 Å². The average molecular weight is 156 g/mol. The summed E-state index contributed by atoms with van der Waals surface area (Å²) in [5.74, 6) is 1.48. The van der Waals surface area contributed by atoms with Gasteiger partial charge in [-0.3, -0.25) is 0 Å². The van der Waals surface area contributed by atoms with Gasteiger partial charge < -0.3 is 0 Å². The molecule has 0 aromatic rings. The monoisotopic (exact) mass is 156 g/mol. The van der Waals surface area contributed by atoms with Gasteiger partial charge in [0.1, 0.15) is 0 Å². The minimum absolute atomic E-state index is 0.389. The van der Waals surface area contributed by atoms with E-state index in [0.717, 1.165) is 11.8 Å². The van der Waals surface area contributed by atoms with Gasteiger partial charge in [0.15, 0.2) is 0 Å². The molecule has 2 heteroatoms. The first-order chi connectivity index (χ1) is 5.27. The minimum Gasteiger partial charge on any atom is -0.233 e. The summed E-state index contributed by atoms with van der Waals surface area (Å²) in [5, 5.41) is 0. The summed E-state index contributed by atoms with van der Waals surface area (Å²) in [4.78, 5) is 10.4. The normalized spacial score (nSPS) is 43.4. The van der Waals surface area contributed by atoms with E-state index in [1.54, 1.807) is 0 Å². The van der Waals surface area contributed by atoms with Crippen molar-refractivity contribution in [1.82, 2.24) is 0 Å². The van der Waals surface area contributed by atoms with E-state index < -0.39 is 0 Å². The van der Waals surface area contributed by atoms with Crippen molar-refractivity contribution in [2.75, 3.05) is 0 Å². The third-order valence-electron chi connectivity index (χ3n) is 2.96. The van der Waals surface area contributed by atoms with Gasteiger partial charge in [-0.25, -0.2) is 9.78 Å². The maximum atomic E-state index is 5.25. The third kappa shape index (κ3) is 1.30. The largest absolute Gasteiger partial charge is 0.233 e. The first kappa shape index (κ1) is 7.56.